The van der Waals surface area contributed by atoms with Crippen LogP contribution in [-0.2, 0) is 0 Å². The molecule has 0 aliphatic rings. The molecule has 0 aliphatic heterocycles. The number of rotatable bonds is 0. The summed E-state index contributed by atoms with van der Waals surface area (Å²) < 4.78 is 4.84. The SMILES string of the molecule is Cc1nc(=O)oc2ccncc12. The van der Waals surface area contributed by atoms with Gasteiger partial charge in [-0.1, -0.05) is 0 Å². The molecule has 2 aromatic rings. The Balaban J connectivity index is 2.99. The van der Waals surface area contributed by atoms with Crippen LogP contribution in [0.2, 0.25) is 0 Å². The number of nitrogens with zero attached hydrogens (tertiary/aromatic N) is 2. The molecule has 0 radical (unpaired) electrons. The fourth-order valence-electron chi connectivity index (χ4n) is 1.06. The summed E-state index contributed by atoms with van der Waals surface area (Å²) in [5, 5.41) is 0.775. The van der Waals surface area contributed by atoms with Crippen LogP contribution < -0.4 is 5.76 Å². The van der Waals surface area contributed by atoms with Crippen molar-refractivity contribution in [1.29, 1.82) is 0 Å². The molecule has 2 rings (SSSR count). The van der Waals surface area contributed by atoms with E-state index in [9.17, 15) is 4.79 Å². The minimum Gasteiger partial charge on any atom is -0.408 e. The summed E-state index contributed by atoms with van der Waals surface area (Å²) in [5.41, 5.74) is 1.18. The van der Waals surface area contributed by atoms with Gasteiger partial charge in [0.1, 0.15) is 5.58 Å². The lowest BCUT2D eigenvalue weighted by atomic mass is 10.3. The van der Waals surface area contributed by atoms with Crippen LogP contribution in [0, 0.1) is 6.92 Å². The molecular formula is C8H6N2O2. The molecule has 4 nitrogen and oxygen atoms in total. The molecular weight excluding hydrogens is 156 g/mol. The van der Waals surface area contributed by atoms with Crippen LogP contribution in [0.25, 0.3) is 11.0 Å². The van der Waals surface area contributed by atoms with Crippen molar-refractivity contribution in [1.82, 2.24) is 9.97 Å². The fourth-order valence-corrected chi connectivity index (χ4v) is 1.06. The molecule has 12 heavy (non-hydrogen) atoms. The molecule has 0 saturated carbocycles. The van der Waals surface area contributed by atoms with Gasteiger partial charge in [0.2, 0.25) is 0 Å². The molecule has 0 aliphatic carbocycles. The van der Waals surface area contributed by atoms with E-state index < -0.39 is 5.76 Å². The first kappa shape index (κ1) is 6.97. The molecule has 0 N–H and O–H groups in total. The van der Waals surface area contributed by atoms with Gasteiger partial charge >= 0.3 is 5.76 Å². The zero-order chi connectivity index (χ0) is 8.55. The van der Waals surface area contributed by atoms with Gasteiger partial charge in [-0.3, -0.25) is 4.98 Å². The van der Waals surface area contributed by atoms with E-state index in [1.807, 2.05) is 0 Å². The third kappa shape index (κ3) is 0.972. The van der Waals surface area contributed by atoms with E-state index in [0.717, 1.165) is 5.39 Å². The van der Waals surface area contributed by atoms with E-state index in [2.05, 4.69) is 9.97 Å². The molecule has 0 spiro atoms. The highest BCUT2D eigenvalue weighted by atomic mass is 16.4. The first-order valence-corrected chi connectivity index (χ1v) is 3.49. The molecule has 0 bridgehead atoms. The second-order valence-electron chi connectivity index (χ2n) is 2.44. The van der Waals surface area contributed by atoms with Crippen LogP contribution >= 0.6 is 0 Å². The maximum absolute atomic E-state index is 10.8. The lowest BCUT2D eigenvalue weighted by molar-refractivity contribution is 0.528. The average Bonchev–Trinajstić information content (AvgIpc) is 2.04. The highest BCUT2D eigenvalue weighted by Crippen LogP contribution is 2.11. The van der Waals surface area contributed by atoms with Gasteiger partial charge < -0.3 is 4.42 Å². The van der Waals surface area contributed by atoms with Crippen molar-refractivity contribution in [3.8, 4) is 0 Å². The highest BCUT2D eigenvalue weighted by Gasteiger charge is 2.00. The summed E-state index contributed by atoms with van der Waals surface area (Å²) in [5.74, 6) is -0.564. The van der Waals surface area contributed by atoms with Crippen molar-refractivity contribution in [3.63, 3.8) is 0 Å². The Hall–Kier alpha value is -1.71. The van der Waals surface area contributed by atoms with Crippen molar-refractivity contribution in [2.75, 3.05) is 0 Å². The molecule has 0 atom stereocenters. The van der Waals surface area contributed by atoms with Gasteiger partial charge in [-0.2, -0.15) is 4.98 Å². The smallest absolute Gasteiger partial charge is 0.408 e. The van der Waals surface area contributed by atoms with Gasteiger partial charge in [0.05, 0.1) is 11.1 Å². The second-order valence-corrected chi connectivity index (χ2v) is 2.44. The monoisotopic (exact) mass is 162 g/mol. The van der Waals surface area contributed by atoms with Crippen molar-refractivity contribution in [2.45, 2.75) is 6.92 Å². The molecule has 0 amide bonds. The van der Waals surface area contributed by atoms with Crippen molar-refractivity contribution >= 4 is 11.0 Å². The first-order chi connectivity index (χ1) is 5.77. The Morgan fingerprint density at radius 3 is 3.17 bits per heavy atom. The Morgan fingerprint density at radius 2 is 2.33 bits per heavy atom. The first-order valence-electron chi connectivity index (χ1n) is 3.49. The van der Waals surface area contributed by atoms with E-state index in [0.29, 0.717) is 11.3 Å². The second kappa shape index (κ2) is 2.41. The van der Waals surface area contributed by atoms with Crippen molar-refractivity contribution < 1.29 is 4.42 Å². The van der Waals surface area contributed by atoms with Crippen LogP contribution in [0.4, 0.5) is 0 Å². The van der Waals surface area contributed by atoms with Gasteiger partial charge in [0.25, 0.3) is 0 Å². The summed E-state index contributed by atoms with van der Waals surface area (Å²) in [6.45, 7) is 1.75. The number of aryl methyl sites for hydroxylation is 1. The maximum Gasteiger partial charge on any atom is 0.439 e. The number of aromatic nitrogens is 2. The van der Waals surface area contributed by atoms with E-state index in [1.54, 1.807) is 25.4 Å². The van der Waals surface area contributed by atoms with Gasteiger partial charge in [0.15, 0.2) is 0 Å². The Labute approximate surface area is 67.9 Å². The van der Waals surface area contributed by atoms with E-state index in [-0.39, 0.29) is 0 Å². The zero-order valence-electron chi connectivity index (χ0n) is 6.44. The Kier molecular flexibility index (Phi) is 1.40. The van der Waals surface area contributed by atoms with E-state index >= 15 is 0 Å². The maximum atomic E-state index is 10.8. The largest absolute Gasteiger partial charge is 0.439 e. The Bertz CT molecular complexity index is 476. The summed E-state index contributed by atoms with van der Waals surface area (Å²) in [4.78, 5) is 18.3. The average molecular weight is 162 g/mol. The molecule has 60 valence electrons. The number of fused-ring (bicyclic) bond motifs is 1. The molecule has 4 heteroatoms. The fraction of sp³-hybridized carbons (Fsp3) is 0.125. The van der Waals surface area contributed by atoms with E-state index in [4.69, 9.17) is 4.42 Å². The third-order valence-corrected chi connectivity index (χ3v) is 1.63. The van der Waals surface area contributed by atoms with Crippen LogP contribution in [0.1, 0.15) is 5.69 Å². The zero-order valence-corrected chi connectivity index (χ0v) is 6.44. The number of hydrogen-bond donors (Lipinski definition) is 0. The quantitative estimate of drug-likeness (QED) is 0.577. The molecule has 2 aromatic heterocycles. The number of hydrogen-bond acceptors (Lipinski definition) is 4. The summed E-state index contributed by atoms with van der Waals surface area (Å²) in [6, 6.07) is 1.64. The predicted octanol–water partition coefficient (Wildman–Crippen LogP) is 0.891. The number of pyridine rings is 1. The summed E-state index contributed by atoms with van der Waals surface area (Å²) >= 11 is 0. The third-order valence-electron chi connectivity index (χ3n) is 1.63. The normalized spacial score (nSPS) is 10.4. The van der Waals surface area contributed by atoms with Crippen LogP contribution in [0.15, 0.2) is 27.7 Å². The van der Waals surface area contributed by atoms with Crippen LogP contribution in [0.3, 0.4) is 0 Å². The van der Waals surface area contributed by atoms with Crippen molar-refractivity contribution in [3.05, 3.63) is 34.7 Å². The van der Waals surface area contributed by atoms with Crippen LogP contribution in [0.5, 0.6) is 0 Å². The van der Waals surface area contributed by atoms with Gasteiger partial charge in [-0.05, 0) is 6.92 Å². The molecule has 0 fully saturated rings. The Morgan fingerprint density at radius 1 is 1.50 bits per heavy atom. The lowest BCUT2D eigenvalue weighted by Gasteiger charge is -1.95. The minimum atomic E-state index is -0.564. The topological polar surface area (TPSA) is 56.0 Å². The van der Waals surface area contributed by atoms with Gasteiger partial charge in [-0.25, -0.2) is 4.79 Å². The summed E-state index contributed by atoms with van der Waals surface area (Å²) in [6.07, 6.45) is 3.20. The standard InChI is InChI=1S/C8H6N2O2/c1-5-6-4-9-3-2-7(6)12-8(11)10-5/h2-4H,1H3. The molecule has 0 saturated heterocycles. The van der Waals surface area contributed by atoms with Gasteiger partial charge in [0, 0.05) is 18.5 Å². The predicted molar refractivity (Wildman–Crippen MR) is 42.8 cm³/mol. The van der Waals surface area contributed by atoms with Gasteiger partial charge in [-0.15, -0.1) is 0 Å². The lowest BCUT2D eigenvalue weighted by Crippen LogP contribution is -2.05. The van der Waals surface area contributed by atoms with Crippen LogP contribution in [-0.4, -0.2) is 9.97 Å². The minimum absolute atomic E-state index is 0.530. The molecule has 0 unspecified atom stereocenters. The molecule has 2 heterocycles. The van der Waals surface area contributed by atoms with Crippen molar-refractivity contribution in [2.24, 2.45) is 0 Å². The highest BCUT2D eigenvalue weighted by molar-refractivity contribution is 5.76. The van der Waals surface area contributed by atoms with E-state index in [1.165, 1.54) is 0 Å². The molecule has 0 aromatic carbocycles. The summed E-state index contributed by atoms with van der Waals surface area (Å²) in [7, 11) is 0.